The van der Waals surface area contributed by atoms with E-state index in [1.54, 1.807) is 24.3 Å². The maximum atomic E-state index is 12.5. The Bertz CT molecular complexity index is 1160. The lowest BCUT2D eigenvalue weighted by atomic mass is 10.1. The van der Waals surface area contributed by atoms with Crippen LogP contribution >= 0.6 is 0 Å². The summed E-state index contributed by atoms with van der Waals surface area (Å²) in [5, 5.41) is 2.83. The molecule has 28 heavy (non-hydrogen) atoms. The largest absolute Gasteiger partial charge is 0.397 e. The predicted molar refractivity (Wildman–Crippen MR) is 113 cm³/mol. The number of nitrogens with two attached hydrogens (primary N) is 2. The summed E-state index contributed by atoms with van der Waals surface area (Å²) in [6, 6.07) is 20.7. The average Bonchev–Trinajstić information content (AvgIpc) is 2.99. The highest BCUT2D eigenvalue weighted by molar-refractivity contribution is 6.05. The summed E-state index contributed by atoms with van der Waals surface area (Å²) in [4.78, 5) is 16.9. The summed E-state index contributed by atoms with van der Waals surface area (Å²) >= 11 is 0. The molecular weight excluding hydrogens is 350 g/mol. The number of carbonyl (C=O) groups excluding carboxylic acids is 1. The molecule has 0 spiro atoms. The highest BCUT2D eigenvalue weighted by Crippen LogP contribution is 2.21. The van der Waals surface area contributed by atoms with Gasteiger partial charge in [0.25, 0.3) is 5.91 Å². The normalized spacial score (nSPS) is 10.9. The van der Waals surface area contributed by atoms with Crippen molar-refractivity contribution in [2.75, 3.05) is 16.8 Å². The zero-order chi connectivity index (χ0) is 19.7. The second kappa shape index (κ2) is 7.08. The molecule has 0 saturated carbocycles. The van der Waals surface area contributed by atoms with Crippen LogP contribution in [-0.2, 0) is 6.54 Å². The number of hydrogen-bond donors (Lipinski definition) is 3. The Balaban J connectivity index is 1.54. The summed E-state index contributed by atoms with van der Waals surface area (Å²) in [5.41, 5.74) is 17.7. The maximum Gasteiger partial charge on any atom is 0.255 e. The highest BCUT2D eigenvalue weighted by atomic mass is 16.1. The van der Waals surface area contributed by atoms with E-state index >= 15 is 0 Å². The first-order valence-electron chi connectivity index (χ1n) is 8.98. The molecule has 0 saturated heterocycles. The van der Waals surface area contributed by atoms with Gasteiger partial charge in [-0.25, -0.2) is 4.98 Å². The van der Waals surface area contributed by atoms with E-state index in [2.05, 4.69) is 16.4 Å². The van der Waals surface area contributed by atoms with Crippen LogP contribution in [0.1, 0.15) is 21.5 Å². The van der Waals surface area contributed by atoms with Gasteiger partial charge in [-0.1, -0.05) is 30.3 Å². The fraction of sp³-hybridized carbons (Fsp3) is 0.0909. The monoisotopic (exact) mass is 371 g/mol. The number of para-hydroxylation sites is 2. The van der Waals surface area contributed by atoms with E-state index in [1.807, 2.05) is 47.9 Å². The molecule has 0 aliphatic carbocycles. The molecule has 6 nitrogen and oxygen atoms in total. The molecule has 1 heterocycles. The van der Waals surface area contributed by atoms with E-state index in [-0.39, 0.29) is 5.91 Å². The van der Waals surface area contributed by atoms with Gasteiger partial charge in [0.1, 0.15) is 0 Å². The van der Waals surface area contributed by atoms with Gasteiger partial charge < -0.3 is 21.4 Å². The number of anilines is 3. The molecule has 3 aromatic carbocycles. The Hall–Kier alpha value is -3.80. The van der Waals surface area contributed by atoms with Gasteiger partial charge >= 0.3 is 0 Å². The van der Waals surface area contributed by atoms with Gasteiger partial charge in [0.15, 0.2) is 0 Å². The van der Waals surface area contributed by atoms with Crippen LogP contribution in [0.2, 0.25) is 0 Å². The molecule has 0 fully saturated rings. The summed E-state index contributed by atoms with van der Waals surface area (Å²) < 4.78 is 1.97. The lowest BCUT2D eigenvalue weighted by Crippen LogP contribution is -2.13. The fourth-order valence-electron chi connectivity index (χ4n) is 3.17. The third-order valence-corrected chi connectivity index (χ3v) is 4.70. The quantitative estimate of drug-likeness (QED) is 0.475. The number of carbonyl (C=O) groups is 1. The maximum absolute atomic E-state index is 12.5. The van der Waals surface area contributed by atoms with Crippen molar-refractivity contribution in [2.45, 2.75) is 13.5 Å². The number of fused-ring (bicyclic) bond motifs is 1. The minimum absolute atomic E-state index is 0.201. The van der Waals surface area contributed by atoms with Gasteiger partial charge in [0.2, 0.25) is 5.95 Å². The van der Waals surface area contributed by atoms with E-state index in [1.165, 1.54) is 0 Å². The Kier molecular flexibility index (Phi) is 4.45. The van der Waals surface area contributed by atoms with Crippen molar-refractivity contribution in [2.24, 2.45) is 0 Å². The summed E-state index contributed by atoms with van der Waals surface area (Å²) in [5.74, 6) is 0.273. The van der Waals surface area contributed by atoms with E-state index in [0.717, 1.165) is 22.2 Å². The number of benzene rings is 3. The molecule has 5 N–H and O–H groups in total. The average molecular weight is 371 g/mol. The van der Waals surface area contributed by atoms with Crippen LogP contribution in [0.5, 0.6) is 0 Å². The van der Waals surface area contributed by atoms with Crippen LogP contribution in [0.3, 0.4) is 0 Å². The number of imidazole rings is 1. The third kappa shape index (κ3) is 3.40. The van der Waals surface area contributed by atoms with E-state index in [4.69, 9.17) is 11.5 Å². The Morgan fingerprint density at radius 2 is 1.79 bits per heavy atom. The van der Waals surface area contributed by atoms with Crippen molar-refractivity contribution in [3.63, 3.8) is 0 Å². The topological polar surface area (TPSA) is 99.0 Å². The lowest BCUT2D eigenvalue weighted by Gasteiger charge is -2.10. The van der Waals surface area contributed by atoms with Crippen LogP contribution in [0.25, 0.3) is 11.0 Å². The molecule has 4 aromatic rings. The number of nitrogen functional groups attached to an aromatic ring is 2. The molecule has 0 atom stereocenters. The van der Waals surface area contributed by atoms with Crippen molar-refractivity contribution in [1.29, 1.82) is 0 Å². The molecule has 0 radical (unpaired) electrons. The smallest absolute Gasteiger partial charge is 0.255 e. The number of aryl methyl sites for hydroxylation is 1. The molecule has 0 unspecified atom stereocenters. The number of nitrogens with one attached hydrogen (secondary N) is 1. The molecule has 1 aromatic heterocycles. The van der Waals surface area contributed by atoms with Gasteiger partial charge in [-0.15, -0.1) is 0 Å². The van der Waals surface area contributed by atoms with E-state index < -0.39 is 0 Å². The lowest BCUT2D eigenvalue weighted by molar-refractivity contribution is 0.102. The molecule has 6 heteroatoms. The van der Waals surface area contributed by atoms with Crippen LogP contribution in [0.15, 0.2) is 66.7 Å². The number of nitrogens with zero attached hydrogens (tertiary/aromatic N) is 2. The minimum Gasteiger partial charge on any atom is -0.397 e. The first kappa shape index (κ1) is 17.6. The SMILES string of the molecule is Cc1ccc2nc(N)n(Cc3ccc(C(=O)Nc4ccccc4N)cc3)c2c1. The highest BCUT2D eigenvalue weighted by Gasteiger charge is 2.11. The fourth-order valence-corrected chi connectivity index (χ4v) is 3.17. The van der Waals surface area contributed by atoms with Gasteiger partial charge in [-0.05, 0) is 54.4 Å². The standard InChI is InChI=1S/C22H21N5O/c1-14-6-11-19-20(12-14)27(22(24)26-19)13-15-7-9-16(10-8-15)21(28)25-18-5-3-2-4-17(18)23/h2-12H,13,23H2,1H3,(H2,24,26)(H,25,28). The van der Waals surface area contributed by atoms with Crippen molar-refractivity contribution in [3.8, 4) is 0 Å². The molecular formula is C22H21N5O. The van der Waals surface area contributed by atoms with Crippen LogP contribution in [0.4, 0.5) is 17.3 Å². The molecule has 0 bridgehead atoms. The summed E-state index contributed by atoms with van der Waals surface area (Å²) in [6.45, 7) is 2.62. The second-order valence-electron chi connectivity index (χ2n) is 6.79. The Morgan fingerprint density at radius 1 is 1.04 bits per heavy atom. The van der Waals surface area contributed by atoms with Crippen molar-refractivity contribution in [3.05, 3.63) is 83.4 Å². The molecule has 0 aliphatic heterocycles. The summed E-state index contributed by atoms with van der Waals surface area (Å²) in [6.07, 6.45) is 0. The first-order chi connectivity index (χ1) is 13.5. The molecule has 4 rings (SSSR count). The van der Waals surface area contributed by atoms with Gasteiger partial charge in [0, 0.05) is 5.56 Å². The number of hydrogen-bond acceptors (Lipinski definition) is 4. The van der Waals surface area contributed by atoms with Crippen LogP contribution in [-0.4, -0.2) is 15.5 Å². The zero-order valence-corrected chi connectivity index (χ0v) is 15.5. The van der Waals surface area contributed by atoms with E-state index in [9.17, 15) is 4.79 Å². The Morgan fingerprint density at radius 3 is 2.54 bits per heavy atom. The van der Waals surface area contributed by atoms with Crippen LogP contribution in [0, 0.1) is 6.92 Å². The summed E-state index contributed by atoms with van der Waals surface area (Å²) in [7, 11) is 0. The number of amides is 1. The van der Waals surface area contributed by atoms with Crippen molar-refractivity contribution < 1.29 is 4.79 Å². The first-order valence-corrected chi connectivity index (χ1v) is 8.98. The third-order valence-electron chi connectivity index (χ3n) is 4.70. The second-order valence-corrected chi connectivity index (χ2v) is 6.79. The number of aromatic nitrogens is 2. The predicted octanol–water partition coefficient (Wildman–Crippen LogP) is 3.81. The minimum atomic E-state index is -0.201. The molecule has 1 amide bonds. The van der Waals surface area contributed by atoms with Gasteiger partial charge in [-0.2, -0.15) is 0 Å². The Labute approximate surface area is 162 Å². The molecule has 140 valence electrons. The molecule has 0 aliphatic rings. The number of rotatable bonds is 4. The zero-order valence-electron chi connectivity index (χ0n) is 15.5. The van der Waals surface area contributed by atoms with Crippen molar-refractivity contribution >= 4 is 34.3 Å². The van der Waals surface area contributed by atoms with Crippen molar-refractivity contribution in [1.82, 2.24) is 9.55 Å². The van der Waals surface area contributed by atoms with Crippen LogP contribution < -0.4 is 16.8 Å². The van der Waals surface area contributed by atoms with Gasteiger partial charge in [0.05, 0.1) is 29.0 Å². The van der Waals surface area contributed by atoms with Gasteiger partial charge in [-0.3, -0.25) is 4.79 Å². The van der Waals surface area contributed by atoms with E-state index in [0.29, 0.717) is 29.4 Å².